The summed E-state index contributed by atoms with van der Waals surface area (Å²) < 4.78 is 13.5. The van der Waals surface area contributed by atoms with Gasteiger partial charge in [0.2, 0.25) is 0 Å². The number of aromatic amines is 1. The molecule has 0 bridgehead atoms. The molecule has 0 saturated heterocycles. The maximum Gasteiger partial charge on any atom is 0.151 e. The number of hydrogen-bond donors (Lipinski definition) is 2. The Hall–Kier alpha value is -1.55. The summed E-state index contributed by atoms with van der Waals surface area (Å²) >= 11 is 5.65. The second-order valence-corrected chi connectivity index (χ2v) is 3.24. The predicted octanol–water partition coefficient (Wildman–Crippen LogP) is 2.45. The highest BCUT2D eigenvalue weighted by Crippen LogP contribution is 2.28. The first kappa shape index (κ1) is 9.02. The normalized spacial score (nSPS) is 10.4. The average molecular weight is 212 g/mol. The van der Waals surface area contributed by atoms with Crippen molar-refractivity contribution in [1.82, 2.24) is 9.97 Å². The van der Waals surface area contributed by atoms with Crippen molar-refractivity contribution in [3.8, 4) is 11.3 Å². The first-order valence-corrected chi connectivity index (χ1v) is 4.29. The summed E-state index contributed by atoms with van der Waals surface area (Å²) in [5.74, 6) is -0.495. The van der Waals surface area contributed by atoms with Crippen molar-refractivity contribution in [1.29, 1.82) is 0 Å². The zero-order chi connectivity index (χ0) is 10.1. The van der Waals surface area contributed by atoms with Crippen molar-refractivity contribution in [2.45, 2.75) is 0 Å². The second kappa shape index (κ2) is 3.31. The third-order valence-electron chi connectivity index (χ3n) is 1.84. The maximum atomic E-state index is 13.5. The van der Waals surface area contributed by atoms with Gasteiger partial charge in [-0.1, -0.05) is 11.6 Å². The van der Waals surface area contributed by atoms with Crippen LogP contribution in [-0.4, -0.2) is 9.97 Å². The second-order valence-electron chi connectivity index (χ2n) is 2.83. The summed E-state index contributed by atoms with van der Waals surface area (Å²) in [6.45, 7) is 0. The SMILES string of the molecule is Nc1cc(Cl)c(F)c(-c2cnc[nH]2)c1. The van der Waals surface area contributed by atoms with Crippen molar-refractivity contribution >= 4 is 17.3 Å². The molecule has 2 rings (SSSR count). The minimum absolute atomic E-state index is 0.00889. The van der Waals surface area contributed by atoms with E-state index in [2.05, 4.69) is 9.97 Å². The number of halogens is 2. The van der Waals surface area contributed by atoms with E-state index in [1.807, 2.05) is 0 Å². The van der Waals surface area contributed by atoms with E-state index >= 15 is 0 Å². The molecule has 3 nitrogen and oxygen atoms in total. The molecule has 0 aliphatic rings. The molecule has 0 unspecified atom stereocenters. The number of benzene rings is 1. The van der Waals surface area contributed by atoms with E-state index in [-0.39, 0.29) is 5.02 Å². The Morgan fingerprint density at radius 1 is 1.43 bits per heavy atom. The number of nitrogen functional groups attached to an aromatic ring is 1. The minimum atomic E-state index is -0.495. The summed E-state index contributed by atoms with van der Waals surface area (Å²) in [6, 6.07) is 2.88. The van der Waals surface area contributed by atoms with Gasteiger partial charge in [0.05, 0.1) is 23.2 Å². The minimum Gasteiger partial charge on any atom is -0.399 e. The van der Waals surface area contributed by atoms with Crippen LogP contribution >= 0.6 is 11.6 Å². The van der Waals surface area contributed by atoms with E-state index in [0.29, 0.717) is 16.9 Å². The summed E-state index contributed by atoms with van der Waals surface area (Å²) in [4.78, 5) is 6.58. The lowest BCUT2D eigenvalue weighted by Crippen LogP contribution is -1.91. The molecule has 0 aliphatic carbocycles. The molecule has 5 heteroatoms. The summed E-state index contributed by atoms with van der Waals surface area (Å²) in [5.41, 5.74) is 6.85. The molecule has 0 fully saturated rings. The number of nitrogens with zero attached hydrogens (tertiary/aromatic N) is 1. The molecular formula is C9H7ClFN3. The van der Waals surface area contributed by atoms with Gasteiger partial charge in [-0.25, -0.2) is 9.37 Å². The van der Waals surface area contributed by atoms with Crippen LogP contribution in [-0.2, 0) is 0 Å². The van der Waals surface area contributed by atoms with Crippen LogP contribution in [0.1, 0.15) is 0 Å². The highest BCUT2D eigenvalue weighted by atomic mass is 35.5. The monoisotopic (exact) mass is 211 g/mol. The van der Waals surface area contributed by atoms with Gasteiger partial charge in [0.1, 0.15) is 0 Å². The van der Waals surface area contributed by atoms with Crippen LogP contribution in [0, 0.1) is 5.82 Å². The zero-order valence-electron chi connectivity index (χ0n) is 7.09. The fourth-order valence-corrected chi connectivity index (χ4v) is 1.44. The highest BCUT2D eigenvalue weighted by Gasteiger charge is 2.10. The molecular weight excluding hydrogens is 205 g/mol. The van der Waals surface area contributed by atoms with Gasteiger partial charge in [0.15, 0.2) is 5.82 Å². The van der Waals surface area contributed by atoms with Gasteiger partial charge >= 0.3 is 0 Å². The molecule has 3 N–H and O–H groups in total. The summed E-state index contributed by atoms with van der Waals surface area (Å²) in [5, 5.41) is 0.00889. The third-order valence-corrected chi connectivity index (χ3v) is 2.11. The van der Waals surface area contributed by atoms with E-state index in [4.69, 9.17) is 17.3 Å². The van der Waals surface area contributed by atoms with Gasteiger partial charge in [-0.2, -0.15) is 0 Å². The van der Waals surface area contributed by atoms with Crippen LogP contribution in [0.4, 0.5) is 10.1 Å². The standard InChI is InChI=1S/C9H7ClFN3/c10-7-2-5(12)1-6(9(7)11)8-3-13-4-14-8/h1-4H,12H2,(H,13,14). The fraction of sp³-hybridized carbons (Fsp3) is 0. The number of nitrogens with one attached hydrogen (secondary N) is 1. The van der Waals surface area contributed by atoms with Crippen LogP contribution in [0.25, 0.3) is 11.3 Å². The number of hydrogen-bond acceptors (Lipinski definition) is 2. The quantitative estimate of drug-likeness (QED) is 0.712. The molecule has 0 atom stereocenters. The number of imidazole rings is 1. The number of aromatic nitrogens is 2. The van der Waals surface area contributed by atoms with Crippen LogP contribution in [0.15, 0.2) is 24.7 Å². The number of anilines is 1. The van der Waals surface area contributed by atoms with Crippen LogP contribution in [0.3, 0.4) is 0 Å². The molecule has 0 aliphatic heterocycles. The van der Waals surface area contributed by atoms with Gasteiger partial charge in [-0.15, -0.1) is 0 Å². The maximum absolute atomic E-state index is 13.5. The Bertz CT molecular complexity index is 453. The first-order chi connectivity index (χ1) is 6.68. The molecule has 0 amide bonds. The number of rotatable bonds is 1. The predicted molar refractivity (Wildman–Crippen MR) is 53.4 cm³/mol. The van der Waals surface area contributed by atoms with Crippen molar-refractivity contribution in [3.63, 3.8) is 0 Å². The zero-order valence-corrected chi connectivity index (χ0v) is 7.85. The van der Waals surface area contributed by atoms with Crippen molar-refractivity contribution < 1.29 is 4.39 Å². The Morgan fingerprint density at radius 2 is 2.21 bits per heavy atom. The van der Waals surface area contributed by atoms with Gasteiger partial charge in [-0.05, 0) is 12.1 Å². The lowest BCUT2D eigenvalue weighted by atomic mass is 10.1. The van der Waals surface area contributed by atoms with Crippen LogP contribution in [0.5, 0.6) is 0 Å². The number of nitrogens with two attached hydrogens (primary N) is 1. The van der Waals surface area contributed by atoms with Gasteiger partial charge < -0.3 is 10.7 Å². The Balaban J connectivity index is 2.64. The first-order valence-electron chi connectivity index (χ1n) is 3.92. The van der Waals surface area contributed by atoms with E-state index in [1.54, 1.807) is 0 Å². The lowest BCUT2D eigenvalue weighted by Gasteiger charge is -2.03. The highest BCUT2D eigenvalue weighted by molar-refractivity contribution is 6.31. The number of H-pyrrole nitrogens is 1. The van der Waals surface area contributed by atoms with E-state index < -0.39 is 5.82 Å². The molecule has 0 saturated carbocycles. The molecule has 72 valence electrons. The van der Waals surface area contributed by atoms with Crippen LogP contribution in [0.2, 0.25) is 5.02 Å². The third kappa shape index (κ3) is 1.44. The van der Waals surface area contributed by atoms with Crippen LogP contribution < -0.4 is 5.73 Å². The summed E-state index contributed by atoms with van der Waals surface area (Å²) in [6.07, 6.45) is 2.97. The van der Waals surface area contributed by atoms with Crippen molar-refractivity contribution in [3.05, 3.63) is 35.5 Å². The summed E-state index contributed by atoms with van der Waals surface area (Å²) in [7, 11) is 0. The molecule has 1 aromatic carbocycles. The van der Waals surface area contributed by atoms with Crippen molar-refractivity contribution in [2.24, 2.45) is 0 Å². The largest absolute Gasteiger partial charge is 0.399 e. The lowest BCUT2D eigenvalue weighted by molar-refractivity contribution is 0.631. The Labute approximate surface area is 84.7 Å². The average Bonchev–Trinajstić information content (AvgIpc) is 2.63. The molecule has 1 heterocycles. The molecule has 0 spiro atoms. The Kier molecular flexibility index (Phi) is 2.13. The van der Waals surface area contributed by atoms with Gasteiger partial charge in [0.25, 0.3) is 0 Å². The van der Waals surface area contributed by atoms with E-state index in [0.717, 1.165) is 0 Å². The molecule has 14 heavy (non-hydrogen) atoms. The van der Waals surface area contributed by atoms with Gasteiger partial charge in [0, 0.05) is 11.3 Å². The van der Waals surface area contributed by atoms with Gasteiger partial charge in [-0.3, -0.25) is 0 Å². The smallest absolute Gasteiger partial charge is 0.151 e. The molecule has 2 aromatic rings. The Morgan fingerprint density at radius 3 is 2.86 bits per heavy atom. The molecule has 1 aromatic heterocycles. The molecule has 0 radical (unpaired) electrons. The van der Waals surface area contributed by atoms with E-state index in [9.17, 15) is 4.39 Å². The topological polar surface area (TPSA) is 54.7 Å². The fourth-order valence-electron chi connectivity index (χ4n) is 1.21. The van der Waals surface area contributed by atoms with E-state index in [1.165, 1.54) is 24.7 Å². The van der Waals surface area contributed by atoms with Crippen molar-refractivity contribution in [2.75, 3.05) is 5.73 Å².